The summed E-state index contributed by atoms with van der Waals surface area (Å²) in [5.74, 6) is 0.503. The molecular weight excluding hydrogens is 298 g/mol. The van der Waals surface area contributed by atoms with E-state index in [1.54, 1.807) is 13.1 Å². The average molecular weight is 314 g/mol. The van der Waals surface area contributed by atoms with Gasteiger partial charge in [-0.25, -0.2) is 4.98 Å². The minimum atomic E-state index is -0.0514. The van der Waals surface area contributed by atoms with Gasteiger partial charge in [0, 0.05) is 19.3 Å². The van der Waals surface area contributed by atoms with Crippen LogP contribution in [-0.2, 0) is 4.79 Å². The van der Waals surface area contributed by atoms with Crippen LogP contribution in [0.25, 0.3) is 0 Å². The zero-order valence-corrected chi connectivity index (χ0v) is 12.1. The Balaban J connectivity index is 0.00000289. The molecule has 0 spiro atoms. The van der Waals surface area contributed by atoms with E-state index in [2.05, 4.69) is 20.9 Å². The summed E-state index contributed by atoms with van der Waals surface area (Å²) in [5, 5.41) is 9.43. The quantitative estimate of drug-likeness (QED) is 0.697. The number of nitrogens with zero attached hydrogens (tertiary/aromatic N) is 1. The molecule has 0 fully saturated rings. The number of halogens is 3. The van der Waals surface area contributed by atoms with Crippen molar-refractivity contribution in [1.29, 1.82) is 0 Å². The number of carbonyl (C=O) groups is 1. The fourth-order valence-electron chi connectivity index (χ4n) is 1.15. The lowest BCUT2D eigenvalue weighted by molar-refractivity contribution is -0.120. The Morgan fingerprint density at radius 1 is 1.39 bits per heavy atom. The molecule has 102 valence electrons. The van der Waals surface area contributed by atoms with Crippen LogP contribution in [0, 0.1) is 0 Å². The maximum atomic E-state index is 11.1. The van der Waals surface area contributed by atoms with Crippen molar-refractivity contribution in [2.45, 2.75) is 0 Å². The van der Waals surface area contributed by atoms with E-state index >= 15 is 0 Å². The molecule has 3 N–H and O–H groups in total. The van der Waals surface area contributed by atoms with Gasteiger partial charge in [0.05, 0.1) is 16.6 Å². The second-order valence-electron chi connectivity index (χ2n) is 3.29. The molecule has 1 aromatic heterocycles. The highest BCUT2D eigenvalue weighted by Crippen LogP contribution is 2.21. The minimum absolute atomic E-state index is 0. The first kappa shape index (κ1) is 17.2. The Bertz CT molecular complexity index is 389. The SMILES string of the molecule is CNCC(=O)NCCNc1ncc(Cl)cc1Cl.Cl. The molecule has 8 heteroatoms. The molecule has 1 aromatic rings. The van der Waals surface area contributed by atoms with Gasteiger partial charge in [0.25, 0.3) is 0 Å². The number of aromatic nitrogens is 1. The third-order valence-electron chi connectivity index (χ3n) is 1.88. The van der Waals surface area contributed by atoms with Crippen molar-refractivity contribution in [2.75, 3.05) is 32.0 Å². The molecule has 0 saturated carbocycles. The molecule has 5 nitrogen and oxygen atoms in total. The Hall–Kier alpha value is -0.750. The topological polar surface area (TPSA) is 66.1 Å². The second-order valence-corrected chi connectivity index (χ2v) is 4.13. The van der Waals surface area contributed by atoms with E-state index in [4.69, 9.17) is 23.2 Å². The van der Waals surface area contributed by atoms with Crippen LogP contribution in [0.15, 0.2) is 12.3 Å². The normalized spacial score (nSPS) is 9.50. The van der Waals surface area contributed by atoms with E-state index < -0.39 is 0 Å². The summed E-state index contributed by atoms with van der Waals surface area (Å²) < 4.78 is 0. The first-order chi connectivity index (χ1) is 8.13. The van der Waals surface area contributed by atoms with Gasteiger partial charge in [-0.15, -0.1) is 12.4 Å². The summed E-state index contributed by atoms with van der Waals surface area (Å²) in [6.45, 7) is 1.35. The van der Waals surface area contributed by atoms with Crippen molar-refractivity contribution < 1.29 is 4.79 Å². The number of amides is 1. The van der Waals surface area contributed by atoms with Crippen LogP contribution in [-0.4, -0.2) is 37.6 Å². The molecule has 0 aromatic carbocycles. The number of likely N-dealkylation sites (N-methyl/N-ethyl adjacent to an activating group) is 1. The van der Waals surface area contributed by atoms with Gasteiger partial charge in [-0.3, -0.25) is 4.79 Å². The molecule has 1 heterocycles. The van der Waals surface area contributed by atoms with Gasteiger partial charge in [-0.05, 0) is 13.1 Å². The Morgan fingerprint density at radius 3 is 2.72 bits per heavy atom. The van der Waals surface area contributed by atoms with Crippen molar-refractivity contribution in [3.8, 4) is 0 Å². The van der Waals surface area contributed by atoms with E-state index in [1.165, 1.54) is 6.20 Å². The van der Waals surface area contributed by atoms with Crippen LogP contribution in [0.4, 0.5) is 5.82 Å². The number of hydrogen-bond donors (Lipinski definition) is 3. The summed E-state index contributed by atoms with van der Waals surface area (Å²) in [6.07, 6.45) is 1.51. The molecule has 0 aliphatic heterocycles. The van der Waals surface area contributed by atoms with Gasteiger partial charge in [0.15, 0.2) is 0 Å². The molecule has 18 heavy (non-hydrogen) atoms. The molecule has 1 rings (SSSR count). The number of nitrogens with one attached hydrogen (secondary N) is 3. The van der Waals surface area contributed by atoms with Crippen LogP contribution in [0.2, 0.25) is 10.0 Å². The Kier molecular flexibility index (Phi) is 8.83. The van der Waals surface area contributed by atoms with Crippen molar-refractivity contribution in [3.63, 3.8) is 0 Å². The summed E-state index contributed by atoms with van der Waals surface area (Å²) in [7, 11) is 1.72. The number of pyridine rings is 1. The molecule has 0 radical (unpaired) electrons. The van der Waals surface area contributed by atoms with E-state index in [0.29, 0.717) is 35.5 Å². The molecule has 0 unspecified atom stereocenters. The lowest BCUT2D eigenvalue weighted by atomic mass is 10.4. The highest BCUT2D eigenvalue weighted by molar-refractivity contribution is 6.35. The third-order valence-corrected chi connectivity index (χ3v) is 2.38. The predicted molar refractivity (Wildman–Crippen MR) is 76.9 cm³/mol. The van der Waals surface area contributed by atoms with Gasteiger partial charge < -0.3 is 16.0 Å². The van der Waals surface area contributed by atoms with E-state index in [-0.39, 0.29) is 18.3 Å². The predicted octanol–water partition coefficient (Wildman–Crippen LogP) is 1.56. The smallest absolute Gasteiger partial charge is 0.234 e. The number of carbonyl (C=O) groups excluding carboxylic acids is 1. The maximum absolute atomic E-state index is 11.1. The van der Waals surface area contributed by atoms with Crippen LogP contribution in [0.5, 0.6) is 0 Å². The van der Waals surface area contributed by atoms with Gasteiger partial charge in [0.1, 0.15) is 5.82 Å². The molecule has 0 atom stereocenters. The van der Waals surface area contributed by atoms with Gasteiger partial charge in [0.2, 0.25) is 5.91 Å². The zero-order chi connectivity index (χ0) is 12.7. The summed E-state index contributed by atoms with van der Waals surface area (Å²) in [6, 6.07) is 1.61. The Morgan fingerprint density at radius 2 is 2.11 bits per heavy atom. The Labute approximate surface area is 122 Å². The fourth-order valence-corrected chi connectivity index (χ4v) is 1.60. The summed E-state index contributed by atoms with van der Waals surface area (Å²) in [5.41, 5.74) is 0. The highest BCUT2D eigenvalue weighted by atomic mass is 35.5. The largest absolute Gasteiger partial charge is 0.367 e. The zero-order valence-electron chi connectivity index (χ0n) is 9.80. The van der Waals surface area contributed by atoms with Gasteiger partial charge in [-0.1, -0.05) is 23.2 Å². The van der Waals surface area contributed by atoms with Gasteiger partial charge in [-0.2, -0.15) is 0 Å². The first-order valence-electron chi connectivity index (χ1n) is 5.09. The standard InChI is InChI=1S/C10H14Cl2N4O.ClH/c1-13-6-9(17)14-2-3-15-10-8(12)4-7(11)5-16-10;/h4-5,13H,2-3,6H2,1H3,(H,14,17)(H,15,16);1H. The van der Waals surface area contributed by atoms with E-state index in [1.807, 2.05) is 0 Å². The molecule has 0 saturated heterocycles. The first-order valence-corrected chi connectivity index (χ1v) is 5.85. The average Bonchev–Trinajstić information content (AvgIpc) is 2.27. The van der Waals surface area contributed by atoms with E-state index in [0.717, 1.165) is 0 Å². The molecule has 0 aliphatic carbocycles. The summed E-state index contributed by atoms with van der Waals surface area (Å²) >= 11 is 11.6. The van der Waals surface area contributed by atoms with Crippen molar-refractivity contribution in [3.05, 3.63) is 22.3 Å². The minimum Gasteiger partial charge on any atom is -0.367 e. The monoisotopic (exact) mass is 312 g/mol. The van der Waals surface area contributed by atoms with Crippen molar-refractivity contribution in [2.24, 2.45) is 0 Å². The summed E-state index contributed by atoms with van der Waals surface area (Å²) in [4.78, 5) is 15.1. The molecule has 0 aliphatic rings. The number of anilines is 1. The number of hydrogen-bond acceptors (Lipinski definition) is 4. The van der Waals surface area contributed by atoms with Crippen LogP contribution in [0.1, 0.15) is 0 Å². The molecule has 1 amide bonds. The van der Waals surface area contributed by atoms with Crippen LogP contribution in [0.3, 0.4) is 0 Å². The lowest BCUT2D eigenvalue weighted by Crippen LogP contribution is -2.35. The molecule has 0 bridgehead atoms. The third kappa shape index (κ3) is 6.26. The maximum Gasteiger partial charge on any atom is 0.234 e. The molecular formula is C10H15Cl3N4O. The lowest BCUT2D eigenvalue weighted by Gasteiger charge is -2.08. The van der Waals surface area contributed by atoms with E-state index in [9.17, 15) is 4.79 Å². The van der Waals surface area contributed by atoms with Crippen LogP contribution < -0.4 is 16.0 Å². The van der Waals surface area contributed by atoms with Gasteiger partial charge >= 0.3 is 0 Å². The van der Waals surface area contributed by atoms with Crippen molar-refractivity contribution in [1.82, 2.24) is 15.6 Å². The highest BCUT2D eigenvalue weighted by Gasteiger charge is 2.02. The van der Waals surface area contributed by atoms with Crippen LogP contribution >= 0.6 is 35.6 Å². The number of rotatable bonds is 6. The van der Waals surface area contributed by atoms with Crippen molar-refractivity contribution >= 4 is 47.3 Å². The second kappa shape index (κ2) is 9.22. The fraction of sp³-hybridized carbons (Fsp3) is 0.400.